The lowest BCUT2D eigenvalue weighted by molar-refractivity contribution is 1.07. The van der Waals surface area contributed by atoms with E-state index in [4.69, 9.17) is 12.8 Å². The van der Waals surface area contributed by atoms with Gasteiger partial charge in [0.1, 0.15) is 0 Å². The van der Waals surface area contributed by atoms with E-state index < -0.39 is 0 Å². The predicted octanol–water partition coefficient (Wildman–Crippen LogP) is 2.37. The molecule has 0 bridgehead atoms. The summed E-state index contributed by atoms with van der Waals surface area (Å²) in [5.74, 6) is 5.18. The average molecular weight is 132 g/mol. The molecule has 10 heavy (non-hydrogen) atoms. The molecule has 0 spiro atoms. The summed E-state index contributed by atoms with van der Waals surface area (Å²) >= 11 is 0. The van der Waals surface area contributed by atoms with Gasteiger partial charge in [-0.05, 0) is 12.8 Å². The van der Waals surface area contributed by atoms with Gasteiger partial charge in [0.05, 0.1) is 0 Å². The van der Waals surface area contributed by atoms with E-state index in [1.54, 1.807) is 0 Å². The number of hydrogen-bond acceptors (Lipinski definition) is 0. The normalized spacial score (nSPS) is 11.2. The Kier molecular flexibility index (Phi) is 4.17. The molecule has 0 heteroatoms. The summed E-state index contributed by atoms with van der Waals surface area (Å²) in [5.41, 5.74) is 1.93. The first-order valence-electron chi connectivity index (χ1n) is 3.45. The second kappa shape index (κ2) is 4.71. The molecule has 0 N–H and O–H groups in total. The zero-order chi connectivity index (χ0) is 7.98. The third kappa shape index (κ3) is 2.00. The quantitative estimate of drug-likeness (QED) is 0.506. The summed E-state index contributed by atoms with van der Waals surface area (Å²) < 4.78 is 0. The standard InChI is InChI=1S/C10H12/c1-5-9(6-2)10(7-3)8-4/h1,3H,6,8H2,2,4H3/b10-9+. The lowest BCUT2D eigenvalue weighted by atomic mass is 10.1. The molecule has 0 rings (SSSR count). The van der Waals surface area contributed by atoms with Crippen LogP contribution in [0.25, 0.3) is 0 Å². The van der Waals surface area contributed by atoms with Crippen molar-refractivity contribution in [2.75, 3.05) is 0 Å². The van der Waals surface area contributed by atoms with Gasteiger partial charge in [-0.3, -0.25) is 0 Å². The van der Waals surface area contributed by atoms with E-state index in [9.17, 15) is 0 Å². The van der Waals surface area contributed by atoms with Gasteiger partial charge >= 0.3 is 0 Å². The highest BCUT2D eigenvalue weighted by molar-refractivity contribution is 5.40. The Hall–Kier alpha value is -1.14. The first-order chi connectivity index (χ1) is 4.79. The molecule has 0 atom stereocenters. The van der Waals surface area contributed by atoms with Gasteiger partial charge in [-0.1, -0.05) is 25.7 Å². The Morgan fingerprint density at radius 1 is 1.00 bits per heavy atom. The van der Waals surface area contributed by atoms with Crippen LogP contribution in [0, 0.1) is 24.7 Å². The maximum Gasteiger partial charge on any atom is 0.0130 e. The summed E-state index contributed by atoms with van der Waals surface area (Å²) in [6.45, 7) is 4.03. The molecule has 0 aromatic heterocycles. The third-order valence-electron chi connectivity index (χ3n) is 1.42. The van der Waals surface area contributed by atoms with Crippen LogP contribution in [0.5, 0.6) is 0 Å². The smallest absolute Gasteiger partial charge is 0.0130 e. The van der Waals surface area contributed by atoms with Crippen molar-refractivity contribution in [3.05, 3.63) is 11.1 Å². The molecule has 0 radical (unpaired) electrons. The molecule has 0 heterocycles. The summed E-state index contributed by atoms with van der Waals surface area (Å²) in [7, 11) is 0. The van der Waals surface area contributed by atoms with Crippen molar-refractivity contribution in [1.29, 1.82) is 0 Å². The van der Waals surface area contributed by atoms with Crippen LogP contribution in [0.15, 0.2) is 11.1 Å². The molecular weight excluding hydrogens is 120 g/mol. The van der Waals surface area contributed by atoms with Crippen molar-refractivity contribution in [2.24, 2.45) is 0 Å². The van der Waals surface area contributed by atoms with E-state index in [-0.39, 0.29) is 0 Å². The first-order valence-corrected chi connectivity index (χ1v) is 3.45. The molecule has 0 aromatic rings. The van der Waals surface area contributed by atoms with Crippen LogP contribution in [0.2, 0.25) is 0 Å². The van der Waals surface area contributed by atoms with E-state index in [2.05, 4.69) is 11.8 Å². The molecule has 0 unspecified atom stereocenters. The van der Waals surface area contributed by atoms with Crippen molar-refractivity contribution in [3.63, 3.8) is 0 Å². The van der Waals surface area contributed by atoms with Gasteiger partial charge in [-0.25, -0.2) is 0 Å². The largest absolute Gasteiger partial charge is 0.115 e. The summed E-state index contributed by atoms with van der Waals surface area (Å²) in [6, 6.07) is 0. The SMILES string of the molecule is C#C/C(CC)=C(/C#C)CC. The molecule has 0 aliphatic carbocycles. The second-order valence-electron chi connectivity index (χ2n) is 1.95. The van der Waals surface area contributed by atoms with E-state index >= 15 is 0 Å². The summed E-state index contributed by atoms with van der Waals surface area (Å²) in [5, 5.41) is 0. The van der Waals surface area contributed by atoms with Crippen LogP contribution in [0.3, 0.4) is 0 Å². The Labute approximate surface area is 63.3 Å². The number of hydrogen-bond donors (Lipinski definition) is 0. The molecule has 0 aliphatic heterocycles. The Bertz CT molecular complexity index is 181. The number of rotatable bonds is 2. The van der Waals surface area contributed by atoms with Gasteiger partial charge in [-0.15, -0.1) is 12.8 Å². The zero-order valence-corrected chi connectivity index (χ0v) is 6.57. The van der Waals surface area contributed by atoms with Gasteiger partial charge in [0.15, 0.2) is 0 Å². The van der Waals surface area contributed by atoms with Crippen LogP contribution in [-0.4, -0.2) is 0 Å². The van der Waals surface area contributed by atoms with Gasteiger partial charge in [0, 0.05) is 11.1 Å². The minimum atomic E-state index is 0.865. The first kappa shape index (κ1) is 8.86. The molecular formula is C10H12. The maximum absolute atomic E-state index is 5.23. The van der Waals surface area contributed by atoms with Crippen molar-refractivity contribution in [3.8, 4) is 24.7 Å². The molecule has 0 aliphatic rings. The molecule has 52 valence electrons. The van der Waals surface area contributed by atoms with E-state index in [0.717, 1.165) is 24.0 Å². The highest BCUT2D eigenvalue weighted by atomic mass is 14.0. The predicted molar refractivity (Wildman–Crippen MR) is 45.3 cm³/mol. The molecule has 0 saturated carbocycles. The monoisotopic (exact) mass is 132 g/mol. The van der Waals surface area contributed by atoms with Crippen LogP contribution < -0.4 is 0 Å². The molecule has 0 fully saturated rings. The van der Waals surface area contributed by atoms with E-state index in [1.165, 1.54) is 0 Å². The van der Waals surface area contributed by atoms with Crippen LogP contribution in [0.1, 0.15) is 26.7 Å². The van der Waals surface area contributed by atoms with E-state index in [1.807, 2.05) is 13.8 Å². The molecule has 0 saturated heterocycles. The zero-order valence-electron chi connectivity index (χ0n) is 6.57. The minimum absolute atomic E-state index is 0.865. The fourth-order valence-corrected chi connectivity index (χ4v) is 0.805. The summed E-state index contributed by atoms with van der Waals surface area (Å²) in [6.07, 6.45) is 12.2. The van der Waals surface area contributed by atoms with Gasteiger partial charge < -0.3 is 0 Å². The van der Waals surface area contributed by atoms with Gasteiger partial charge in [0.25, 0.3) is 0 Å². The van der Waals surface area contributed by atoms with Crippen molar-refractivity contribution in [1.82, 2.24) is 0 Å². The molecule has 0 amide bonds. The van der Waals surface area contributed by atoms with Crippen LogP contribution >= 0.6 is 0 Å². The van der Waals surface area contributed by atoms with Crippen LogP contribution in [-0.2, 0) is 0 Å². The van der Waals surface area contributed by atoms with Crippen molar-refractivity contribution >= 4 is 0 Å². The number of terminal acetylenes is 2. The molecule has 0 aromatic carbocycles. The Morgan fingerprint density at radius 2 is 1.30 bits per heavy atom. The van der Waals surface area contributed by atoms with Gasteiger partial charge in [-0.2, -0.15) is 0 Å². The maximum atomic E-state index is 5.23. The topological polar surface area (TPSA) is 0 Å². The Morgan fingerprint density at radius 3 is 1.40 bits per heavy atom. The third-order valence-corrected chi connectivity index (χ3v) is 1.42. The van der Waals surface area contributed by atoms with Gasteiger partial charge in [0.2, 0.25) is 0 Å². The van der Waals surface area contributed by atoms with Crippen molar-refractivity contribution in [2.45, 2.75) is 26.7 Å². The van der Waals surface area contributed by atoms with Crippen molar-refractivity contribution < 1.29 is 0 Å². The van der Waals surface area contributed by atoms with E-state index in [0.29, 0.717) is 0 Å². The second-order valence-corrected chi connectivity index (χ2v) is 1.95. The van der Waals surface area contributed by atoms with Crippen LogP contribution in [0.4, 0.5) is 0 Å². The fraction of sp³-hybridized carbons (Fsp3) is 0.400. The Balaban J connectivity index is 4.62. The number of allylic oxidation sites excluding steroid dienone is 2. The molecule has 0 nitrogen and oxygen atoms in total. The fourth-order valence-electron chi connectivity index (χ4n) is 0.805. The lowest BCUT2D eigenvalue weighted by Gasteiger charge is -1.97. The highest BCUT2D eigenvalue weighted by Crippen LogP contribution is 2.09. The lowest BCUT2D eigenvalue weighted by Crippen LogP contribution is -1.83. The average Bonchev–Trinajstić information content (AvgIpc) is 2.00. The minimum Gasteiger partial charge on any atom is -0.115 e. The summed E-state index contributed by atoms with van der Waals surface area (Å²) in [4.78, 5) is 0. The highest BCUT2D eigenvalue weighted by Gasteiger charge is 1.95.